The van der Waals surface area contributed by atoms with Crippen LogP contribution in [0.2, 0.25) is 0 Å². The van der Waals surface area contributed by atoms with Crippen molar-refractivity contribution in [3.63, 3.8) is 0 Å². The molecule has 126 valence electrons. The van der Waals surface area contributed by atoms with Crippen LogP contribution >= 0.6 is 0 Å². The molecular formula is C19H32O3. The SMILES string of the molecule is CCC1[18O]C1C/C=C\C/C=C\CCCCCCCC(=O)OC. The number of esters is 1. The Bertz CT molecular complexity index is 347. The van der Waals surface area contributed by atoms with Crippen molar-refractivity contribution in [2.24, 2.45) is 0 Å². The summed E-state index contributed by atoms with van der Waals surface area (Å²) in [6.07, 6.45) is 20.8. The highest BCUT2D eigenvalue weighted by atomic mass is 18.4. The van der Waals surface area contributed by atoms with Crippen LogP contribution in [0.5, 0.6) is 0 Å². The number of ether oxygens (including phenoxy) is 2. The second-order valence-electron chi connectivity index (χ2n) is 5.92. The third-order valence-corrected chi connectivity index (χ3v) is 4.04. The van der Waals surface area contributed by atoms with E-state index in [9.17, 15) is 4.79 Å². The fourth-order valence-corrected chi connectivity index (χ4v) is 2.53. The number of methoxy groups -OCH3 is 1. The maximum atomic E-state index is 10.9. The molecule has 0 N–H and O–H groups in total. The van der Waals surface area contributed by atoms with Gasteiger partial charge in [-0.05, 0) is 38.5 Å². The Balaban J connectivity index is 1.80. The fourth-order valence-electron chi connectivity index (χ4n) is 2.53. The lowest BCUT2D eigenvalue weighted by molar-refractivity contribution is -0.140. The molecule has 1 heterocycles. The molecule has 0 spiro atoms. The van der Waals surface area contributed by atoms with E-state index in [0.717, 1.165) is 38.5 Å². The van der Waals surface area contributed by atoms with Crippen molar-refractivity contribution in [2.75, 3.05) is 7.11 Å². The second kappa shape index (κ2) is 12.5. The molecule has 1 aliphatic heterocycles. The quantitative estimate of drug-likeness (QED) is 0.159. The van der Waals surface area contributed by atoms with E-state index < -0.39 is 0 Å². The molecule has 2 atom stereocenters. The molecule has 2 unspecified atom stereocenters. The molecule has 1 aliphatic rings. The van der Waals surface area contributed by atoms with Gasteiger partial charge >= 0.3 is 5.97 Å². The highest BCUT2D eigenvalue weighted by molar-refractivity contribution is 5.68. The zero-order valence-corrected chi connectivity index (χ0v) is 14.3. The van der Waals surface area contributed by atoms with Crippen LogP contribution in [0.15, 0.2) is 24.3 Å². The van der Waals surface area contributed by atoms with Crippen molar-refractivity contribution >= 4 is 5.97 Å². The van der Waals surface area contributed by atoms with Crippen molar-refractivity contribution in [2.45, 2.75) is 83.3 Å². The molecule has 0 aromatic rings. The highest BCUT2D eigenvalue weighted by Gasteiger charge is 2.35. The first-order valence-electron chi connectivity index (χ1n) is 8.80. The molecule has 0 aromatic heterocycles. The van der Waals surface area contributed by atoms with Crippen molar-refractivity contribution in [1.29, 1.82) is 0 Å². The van der Waals surface area contributed by atoms with Crippen LogP contribution in [0.25, 0.3) is 0 Å². The number of rotatable bonds is 13. The molecule has 0 aliphatic carbocycles. The maximum Gasteiger partial charge on any atom is 0.305 e. The lowest BCUT2D eigenvalue weighted by Gasteiger charge is -1.99. The molecule has 0 saturated carbocycles. The molecule has 0 amide bonds. The van der Waals surface area contributed by atoms with E-state index in [4.69, 9.17) is 4.74 Å². The van der Waals surface area contributed by atoms with E-state index >= 15 is 0 Å². The minimum Gasteiger partial charge on any atom is -0.469 e. The van der Waals surface area contributed by atoms with Crippen LogP contribution in [0, 0.1) is 0 Å². The molecule has 1 fully saturated rings. The standard InChI is InChI=1S/C19H32O3/c1-3-17-18(22-17)15-13-11-9-7-5-4-6-8-10-12-14-16-19(20)21-2/h5,7,11,13,17-18H,3-4,6,8-10,12,14-16H2,1-2H3/b7-5-,13-11-/i22+2. The zero-order valence-electron chi connectivity index (χ0n) is 14.3. The van der Waals surface area contributed by atoms with Crippen LogP contribution in [-0.4, -0.2) is 25.3 Å². The van der Waals surface area contributed by atoms with Gasteiger partial charge in [0.15, 0.2) is 0 Å². The first kappa shape index (κ1) is 19.0. The Morgan fingerprint density at radius 2 is 1.73 bits per heavy atom. The van der Waals surface area contributed by atoms with Gasteiger partial charge in [0.05, 0.1) is 19.3 Å². The third-order valence-electron chi connectivity index (χ3n) is 4.04. The Morgan fingerprint density at radius 3 is 2.45 bits per heavy atom. The van der Waals surface area contributed by atoms with Gasteiger partial charge in [0.25, 0.3) is 0 Å². The average molecular weight is 310 g/mol. The summed E-state index contributed by atoms with van der Waals surface area (Å²) in [6, 6.07) is 0. The van der Waals surface area contributed by atoms with E-state index in [1.165, 1.54) is 26.4 Å². The second-order valence-corrected chi connectivity index (χ2v) is 5.92. The fraction of sp³-hybridized carbons (Fsp3) is 0.737. The molecule has 0 bridgehead atoms. The van der Waals surface area contributed by atoms with Crippen molar-refractivity contribution in [3.8, 4) is 0 Å². The molecule has 1 saturated heterocycles. The number of epoxide rings is 1. The van der Waals surface area contributed by atoms with E-state index in [0.29, 0.717) is 18.6 Å². The molecule has 3 nitrogen and oxygen atoms in total. The summed E-state index contributed by atoms with van der Waals surface area (Å²) in [7, 11) is 1.45. The zero-order chi connectivity index (χ0) is 16.0. The smallest absolute Gasteiger partial charge is 0.305 e. The van der Waals surface area contributed by atoms with E-state index in [-0.39, 0.29) is 5.97 Å². The number of carbonyl (C=O) groups is 1. The molecule has 0 aromatic carbocycles. The van der Waals surface area contributed by atoms with Gasteiger partial charge in [0.2, 0.25) is 0 Å². The predicted molar refractivity (Wildman–Crippen MR) is 90.8 cm³/mol. The summed E-state index contributed by atoms with van der Waals surface area (Å²) in [5.41, 5.74) is 0. The Hall–Kier alpha value is -1.09. The first-order valence-corrected chi connectivity index (χ1v) is 8.80. The van der Waals surface area contributed by atoms with E-state index in [1.807, 2.05) is 0 Å². The maximum absolute atomic E-state index is 10.9. The number of unbranched alkanes of at least 4 members (excludes halogenated alkanes) is 5. The highest BCUT2D eigenvalue weighted by Crippen LogP contribution is 2.28. The molecule has 0 radical (unpaired) electrons. The van der Waals surface area contributed by atoms with Crippen LogP contribution in [0.3, 0.4) is 0 Å². The summed E-state index contributed by atoms with van der Waals surface area (Å²) in [5.74, 6) is -0.0885. The van der Waals surface area contributed by atoms with Crippen LogP contribution in [-0.2, 0) is 14.3 Å². The monoisotopic (exact) mass is 310 g/mol. The normalized spacial score (nSPS) is 20.8. The Morgan fingerprint density at radius 1 is 1.00 bits per heavy atom. The first-order chi connectivity index (χ1) is 10.8. The van der Waals surface area contributed by atoms with E-state index in [2.05, 4.69) is 36.0 Å². The summed E-state index contributed by atoms with van der Waals surface area (Å²) >= 11 is 0. The number of allylic oxidation sites excluding steroid dienone is 3. The van der Waals surface area contributed by atoms with Gasteiger partial charge in [-0.1, -0.05) is 50.5 Å². The van der Waals surface area contributed by atoms with Crippen LogP contribution in [0.1, 0.15) is 71.1 Å². The molecule has 3 heteroatoms. The summed E-state index contributed by atoms with van der Waals surface area (Å²) in [6.45, 7) is 2.18. The Kier molecular flexibility index (Phi) is 10.7. The third kappa shape index (κ3) is 9.78. The molecule has 22 heavy (non-hydrogen) atoms. The summed E-state index contributed by atoms with van der Waals surface area (Å²) in [5, 5.41) is 0. The topological polar surface area (TPSA) is 38.8 Å². The van der Waals surface area contributed by atoms with Crippen molar-refractivity contribution in [3.05, 3.63) is 24.3 Å². The van der Waals surface area contributed by atoms with Gasteiger partial charge < -0.3 is 9.47 Å². The minimum atomic E-state index is -0.0885. The van der Waals surface area contributed by atoms with Gasteiger partial charge in [-0.15, -0.1) is 0 Å². The van der Waals surface area contributed by atoms with Gasteiger partial charge in [0, 0.05) is 6.42 Å². The van der Waals surface area contributed by atoms with Crippen molar-refractivity contribution in [1.82, 2.24) is 0 Å². The van der Waals surface area contributed by atoms with Gasteiger partial charge in [-0.3, -0.25) is 4.79 Å². The average Bonchev–Trinajstić information content (AvgIpc) is 3.30. The van der Waals surface area contributed by atoms with Crippen molar-refractivity contribution < 1.29 is 14.3 Å². The van der Waals surface area contributed by atoms with E-state index in [1.54, 1.807) is 0 Å². The molecular weight excluding hydrogens is 278 g/mol. The lowest BCUT2D eigenvalue weighted by atomic mass is 10.1. The number of carbonyl (C=O) groups excluding carboxylic acids is 1. The van der Waals surface area contributed by atoms with Gasteiger partial charge in [-0.2, -0.15) is 0 Å². The predicted octanol–water partition coefficient (Wildman–Crippen LogP) is 4.96. The molecule has 1 rings (SSSR count). The number of hydrogen-bond acceptors (Lipinski definition) is 3. The van der Waals surface area contributed by atoms with Gasteiger partial charge in [0.1, 0.15) is 0 Å². The minimum absolute atomic E-state index is 0.0885. The lowest BCUT2D eigenvalue weighted by Crippen LogP contribution is -1.98. The summed E-state index contributed by atoms with van der Waals surface area (Å²) < 4.78 is 10.1. The Labute approximate surface area is 135 Å². The number of hydrogen-bond donors (Lipinski definition) is 0. The van der Waals surface area contributed by atoms with Crippen LogP contribution in [0.4, 0.5) is 0 Å². The van der Waals surface area contributed by atoms with Gasteiger partial charge in [-0.25, -0.2) is 0 Å². The largest absolute Gasteiger partial charge is 0.469 e. The van der Waals surface area contributed by atoms with Crippen LogP contribution < -0.4 is 0 Å². The summed E-state index contributed by atoms with van der Waals surface area (Å²) in [4.78, 5) is 10.9.